The Morgan fingerprint density at radius 1 is 1.23 bits per heavy atom. The second-order valence-electron chi connectivity index (χ2n) is 7.38. The van der Waals surface area contributed by atoms with Crippen molar-refractivity contribution in [2.75, 3.05) is 38.2 Å². The minimum absolute atomic E-state index is 0.224. The van der Waals surface area contributed by atoms with Crippen LogP contribution in [-0.2, 0) is 12.8 Å². The number of rotatable bonds is 3. The lowest BCUT2D eigenvalue weighted by molar-refractivity contribution is 0.0746. The van der Waals surface area contributed by atoms with Crippen LogP contribution in [-0.4, -0.2) is 44.1 Å². The third kappa shape index (κ3) is 3.32. The first kappa shape index (κ1) is 17.4. The van der Waals surface area contributed by atoms with Gasteiger partial charge in [0, 0.05) is 48.2 Å². The number of amides is 1. The van der Waals surface area contributed by atoms with Crippen LogP contribution < -0.4 is 9.64 Å². The Hall–Kier alpha value is -2.01. The van der Waals surface area contributed by atoms with E-state index in [-0.39, 0.29) is 5.91 Å². The first-order chi connectivity index (χ1) is 12.7. The zero-order chi connectivity index (χ0) is 18.1. The number of anilines is 1. The summed E-state index contributed by atoms with van der Waals surface area (Å²) >= 11 is 1.78. The van der Waals surface area contributed by atoms with E-state index in [1.165, 1.54) is 22.5 Å². The number of carbonyl (C=O) groups excluding carboxylic acids is 1. The van der Waals surface area contributed by atoms with Gasteiger partial charge in [-0.2, -0.15) is 0 Å². The van der Waals surface area contributed by atoms with Crippen molar-refractivity contribution in [1.82, 2.24) is 4.90 Å². The molecular weight excluding hydrogens is 344 g/mol. The molecule has 0 bridgehead atoms. The summed E-state index contributed by atoms with van der Waals surface area (Å²) in [7, 11) is 1.69. The number of fused-ring (bicyclic) bond motifs is 1. The number of carbonyl (C=O) groups is 1. The van der Waals surface area contributed by atoms with Gasteiger partial charge in [0.25, 0.3) is 5.91 Å². The van der Waals surface area contributed by atoms with Crippen molar-refractivity contribution in [3.63, 3.8) is 0 Å². The van der Waals surface area contributed by atoms with E-state index in [9.17, 15) is 4.79 Å². The normalized spacial score (nSPS) is 20.0. The van der Waals surface area contributed by atoms with Crippen molar-refractivity contribution in [2.24, 2.45) is 5.92 Å². The maximum atomic E-state index is 13.1. The molecule has 0 spiro atoms. The lowest BCUT2D eigenvalue weighted by Gasteiger charge is -2.36. The van der Waals surface area contributed by atoms with Gasteiger partial charge >= 0.3 is 0 Å². The number of methoxy groups -OCH3 is 1. The molecule has 138 valence electrons. The Kier molecular flexibility index (Phi) is 4.90. The van der Waals surface area contributed by atoms with Crippen LogP contribution in [0.2, 0.25) is 0 Å². The Morgan fingerprint density at radius 2 is 2.04 bits per heavy atom. The van der Waals surface area contributed by atoms with Crippen molar-refractivity contribution < 1.29 is 9.53 Å². The second-order valence-corrected chi connectivity index (χ2v) is 8.34. The summed E-state index contributed by atoms with van der Waals surface area (Å²) in [6.07, 6.45) is 3.40. The summed E-state index contributed by atoms with van der Waals surface area (Å²) in [4.78, 5) is 18.8. The van der Waals surface area contributed by atoms with E-state index in [0.29, 0.717) is 0 Å². The smallest absolute Gasteiger partial charge is 0.255 e. The fourth-order valence-corrected chi connectivity index (χ4v) is 5.24. The van der Waals surface area contributed by atoms with Gasteiger partial charge in [0.15, 0.2) is 0 Å². The van der Waals surface area contributed by atoms with Crippen LogP contribution in [0.4, 0.5) is 5.69 Å². The van der Waals surface area contributed by atoms with Crippen molar-refractivity contribution in [2.45, 2.75) is 26.2 Å². The molecule has 1 aromatic heterocycles. The summed E-state index contributed by atoms with van der Waals surface area (Å²) in [6, 6.07) is 8.15. The Labute approximate surface area is 159 Å². The zero-order valence-electron chi connectivity index (χ0n) is 15.5. The highest BCUT2D eigenvalue weighted by Gasteiger charge is 2.28. The van der Waals surface area contributed by atoms with Gasteiger partial charge in [-0.25, -0.2) is 0 Å². The van der Waals surface area contributed by atoms with Crippen molar-refractivity contribution in [3.05, 3.63) is 45.6 Å². The summed E-state index contributed by atoms with van der Waals surface area (Å²) < 4.78 is 5.32. The minimum atomic E-state index is 0.224. The van der Waals surface area contributed by atoms with Crippen molar-refractivity contribution in [3.8, 4) is 5.75 Å². The SMILES string of the molecule is COc1cccc(N2CCN(C(=O)c3csc4c3CCC(C)C4)CC2)c1. The maximum absolute atomic E-state index is 13.1. The fourth-order valence-electron chi connectivity index (χ4n) is 4.00. The van der Waals surface area contributed by atoms with Crippen LogP contribution in [0.5, 0.6) is 5.75 Å². The molecule has 26 heavy (non-hydrogen) atoms. The molecule has 2 heterocycles. The molecule has 4 rings (SSSR count). The lowest BCUT2D eigenvalue weighted by atomic mass is 9.88. The minimum Gasteiger partial charge on any atom is -0.497 e. The molecule has 2 aliphatic rings. The molecule has 1 aromatic carbocycles. The molecule has 2 aromatic rings. The van der Waals surface area contributed by atoms with Crippen LogP contribution in [0.3, 0.4) is 0 Å². The van der Waals surface area contributed by atoms with E-state index in [2.05, 4.69) is 29.3 Å². The molecular formula is C21H26N2O2S. The topological polar surface area (TPSA) is 32.8 Å². The molecule has 0 radical (unpaired) electrons. The largest absolute Gasteiger partial charge is 0.497 e. The predicted molar refractivity (Wildman–Crippen MR) is 107 cm³/mol. The van der Waals surface area contributed by atoms with E-state index in [0.717, 1.165) is 56.3 Å². The van der Waals surface area contributed by atoms with Gasteiger partial charge in [-0.15, -0.1) is 11.3 Å². The maximum Gasteiger partial charge on any atom is 0.255 e. The number of ether oxygens (including phenoxy) is 1. The summed E-state index contributed by atoms with van der Waals surface area (Å²) in [5.41, 5.74) is 3.46. The highest BCUT2D eigenvalue weighted by molar-refractivity contribution is 7.10. The van der Waals surface area contributed by atoms with E-state index in [4.69, 9.17) is 4.74 Å². The molecule has 5 heteroatoms. The molecule has 1 atom stereocenters. The summed E-state index contributed by atoms with van der Waals surface area (Å²) in [5.74, 6) is 1.85. The standard InChI is InChI=1S/C21H26N2O2S/c1-15-6-7-18-19(14-26-20(18)12-15)21(24)23-10-8-22(9-11-23)16-4-3-5-17(13-16)25-2/h3-5,13-15H,6-12H2,1-2H3. The summed E-state index contributed by atoms with van der Waals surface area (Å²) in [6.45, 7) is 5.58. The Bertz CT molecular complexity index is 793. The van der Waals surface area contributed by atoms with Crippen molar-refractivity contribution >= 4 is 22.9 Å². The molecule has 1 aliphatic heterocycles. The van der Waals surface area contributed by atoms with Gasteiger partial charge in [0.05, 0.1) is 12.7 Å². The van der Waals surface area contributed by atoms with E-state index in [1.54, 1.807) is 18.4 Å². The lowest BCUT2D eigenvalue weighted by Crippen LogP contribution is -2.49. The van der Waals surface area contributed by atoms with Gasteiger partial charge in [0.2, 0.25) is 0 Å². The molecule has 0 N–H and O–H groups in total. The van der Waals surface area contributed by atoms with Crippen LogP contribution in [0.25, 0.3) is 0 Å². The molecule has 1 saturated heterocycles. The number of piperazine rings is 1. The number of nitrogens with zero attached hydrogens (tertiary/aromatic N) is 2. The van der Waals surface area contributed by atoms with Crippen LogP contribution in [0.1, 0.15) is 34.1 Å². The van der Waals surface area contributed by atoms with E-state index in [1.807, 2.05) is 17.0 Å². The molecule has 4 nitrogen and oxygen atoms in total. The van der Waals surface area contributed by atoms with Gasteiger partial charge in [-0.05, 0) is 42.9 Å². The van der Waals surface area contributed by atoms with Gasteiger partial charge in [0.1, 0.15) is 5.75 Å². The zero-order valence-corrected chi connectivity index (χ0v) is 16.3. The van der Waals surface area contributed by atoms with Crippen LogP contribution in [0.15, 0.2) is 29.6 Å². The van der Waals surface area contributed by atoms with E-state index >= 15 is 0 Å². The first-order valence-electron chi connectivity index (χ1n) is 9.43. The monoisotopic (exact) mass is 370 g/mol. The fraction of sp³-hybridized carbons (Fsp3) is 0.476. The number of hydrogen-bond donors (Lipinski definition) is 0. The molecule has 0 saturated carbocycles. The number of hydrogen-bond acceptors (Lipinski definition) is 4. The summed E-state index contributed by atoms with van der Waals surface area (Å²) in [5, 5.41) is 2.10. The third-order valence-corrected chi connectivity index (χ3v) is 6.67. The molecule has 1 unspecified atom stereocenters. The predicted octanol–water partition coefficient (Wildman–Crippen LogP) is 3.84. The highest BCUT2D eigenvalue weighted by Crippen LogP contribution is 2.33. The molecule has 1 aliphatic carbocycles. The highest BCUT2D eigenvalue weighted by atomic mass is 32.1. The average molecular weight is 371 g/mol. The number of benzene rings is 1. The van der Waals surface area contributed by atoms with Crippen molar-refractivity contribution in [1.29, 1.82) is 0 Å². The quantitative estimate of drug-likeness (QED) is 0.823. The van der Waals surface area contributed by atoms with Gasteiger partial charge in [-0.1, -0.05) is 13.0 Å². The Morgan fingerprint density at radius 3 is 2.81 bits per heavy atom. The van der Waals surface area contributed by atoms with Crippen LogP contribution in [0, 0.1) is 5.92 Å². The number of thiophene rings is 1. The molecule has 1 fully saturated rings. The Balaban J connectivity index is 1.42. The molecule has 1 amide bonds. The van der Waals surface area contributed by atoms with E-state index < -0.39 is 0 Å². The van der Waals surface area contributed by atoms with Gasteiger partial charge in [-0.3, -0.25) is 4.79 Å². The third-order valence-electron chi connectivity index (χ3n) is 5.62. The van der Waals surface area contributed by atoms with Gasteiger partial charge < -0.3 is 14.5 Å². The second kappa shape index (κ2) is 7.31. The average Bonchev–Trinajstić information content (AvgIpc) is 3.10. The van der Waals surface area contributed by atoms with Crippen LogP contribution >= 0.6 is 11.3 Å². The first-order valence-corrected chi connectivity index (χ1v) is 10.3.